The fourth-order valence-electron chi connectivity index (χ4n) is 2.97. The summed E-state index contributed by atoms with van der Waals surface area (Å²) in [5, 5.41) is 0. The first-order valence-corrected chi connectivity index (χ1v) is 8.66. The van der Waals surface area contributed by atoms with Gasteiger partial charge in [0.15, 0.2) is 0 Å². The van der Waals surface area contributed by atoms with Gasteiger partial charge in [0.05, 0.1) is 14.1 Å². The van der Waals surface area contributed by atoms with Crippen molar-refractivity contribution in [1.29, 1.82) is 0 Å². The predicted octanol–water partition coefficient (Wildman–Crippen LogP) is 1.81. The highest BCUT2D eigenvalue weighted by Gasteiger charge is 2.27. The van der Waals surface area contributed by atoms with E-state index in [2.05, 4.69) is 65.8 Å². The molecule has 0 saturated carbocycles. The van der Waals surface area contributed by atoms with Crippen LogP contribution in [0.1, 0.15) is 53.5 Å². The van der Waals surface area contributed by atoms with Crippen LogP contribution >= 0.6 is 0 Å². The summed E-state index contributed by atoms with van der Waals surface area (Å²) in [4.78, 5) is 5.75. The van der Waals surface area contributed by atoms with Crippen LogP contribution in [0.3, 0.4) is 0 Å². The van der Waals surface area contributed by atoms with Gasteiger partial charge in [-0.1, -0.05) is 46.8 Å². The Kier molecular flexibility index (Phi) is 8.78. The lowest BCUT2D eigenvalue weighted by molar-refractivity contribution is -1.08. The minimum absolute atomic E-state index is 0. The highest BCUT2D eigenvalue weighted by Crippen LogP contribution is 2.36. The van der Waals surface area contributed by atoms with Gasteiger partial charge >= 0.3 is 0 Å². The second kappa shape index (κ2) is 9.07. The molecule has 0 radical (unpaired) electrons. The number of hydroxylamine groups is 3. The third-order valence-corrected chi connectivity index (χ3v) is 4.16. The number of hydrogen-bond acceptors (Lipinski definition) is 2. The highest BCUT2D eigenvalue weighted by molar-refractivity contribution is 5.31. The van der Waals surface area contributed by atoms with Gasteiger partial charge in [0.25, 0.3) is 0 Å². The van der Waals surface area contributed by atoms with Crippen molar-refractivity contribution in [2.45, 2.75) is 53.4 Å². The van der Waals surface area contributed by atoms with E-state index >= 15 is 0 Å². The van der Waals surface area contributed by atoms with Crippen LogP contribution in [0, 0.1) is 5.41 Å². The van der Waals surface area contributed by atoms with Crippen molar-refractivity contribution in [2.75, 3.05) is 33.9 Å². The van der Waals surface area contributed by atoms with Crippen molar-refractivity contribution in [3.8, 4) is 5.75 Å². The van der Waals surface area contributed by atoms with Crippen molar-refractivity contribution in [3.05, 3.63) is 29.8 Å². The standard InChI is InChI=1S/C20H36NO2.ClH/c1-9-21(7,8)23-15-14-22-18-12-10-17(11-13-18)20(5,6)16-19(2,3)4;/h10-13H,9,14-16H2,1-8H3;1H/q+1;/p-1. The van der Waals surface area contributed by atoms with Gasteiger partial charge in [-0.2, -0.15) is 9.48 Å². The zero-order chi connectivity index (χ0) is 17.7. The normalized spacial score (nSPS) is 12.7. The highest BCUT2D eigenvalue weighted by atomic mass is 35.5. The summed E-state index contributed by atoms with van der Waals surface area (Å²) < 4.78 is 6.34. The lowest BCUT2D eigenvalue weighted by atomic mass is 9.72. The Morgan fingerprint density at radius 3 is 1.92 bits per heavy atom. The Balaban J connectivity index is 0.00000529. The van der Waals surface area contributed by atoms with E-state index in [-0.39, 0.29) is 17.8 Å². The number of hydrogen-bond donors (Lipinski definition) is 0. The summed E-state index contributed by atoms with van der Waals surface area (Å²) in [6.45, 7) is 15.7. The van der Waals surface area contributed by atoms with E-state index in [4.69, 9.17) is 9.57 Å². The smallest absolute Gasteiger partial charge is 0.140 e. The average Bonchev–Trinajstić information content (AvgIpc) is 2.42. The second-order valence-electron chi connectivity index (χ2n) is 8.72. The molecule has 0 bridgehead atoms. The largest absolute Gasteiger partial charge is 1.00 e. The van der Waals surface area contributed by atoms with Crippen LogP contribution in [0.5, 0.6) is 5.75 Å². The van der Waals surface area contributed by atoms with E-state index in [9.17, 15) is 0 Å². The first kappa shape index (κ1) is 23.2. The molecule has 0 N–H and O–H groups in total. The van der Waals surface area contributed by atoms with Crippen LogP contribution in [0.25, 0.3) is 0 Å². The van der Waals surface area contributed by atoms with Crippen molar-refractivity contribution in [2.24, 2.45) is 5.41 Å². The average molecular weight is 358 g/mol. The monoisotopic (exact) mass is 357 g/mol. The Hall–Kier alpha value is -0.770. The second-order valence-corrected chi connectivity index (χ2v) is 8.72. The van der Waals surface area contributed by atoms with Crippen molar-refractivity contribution >= 4 is 0 Å². The summed E-state index contributed by atoms with van der Waals surface area (Å²) >= 11 is 0. The Labute approximate surface area is 155 Å². The van der Waals surface area contributed by atoms with Gasteiger partial charge in [-0.05, 0) is 41.9 Å². The molecule has 0 aliphatic rings. The summed E-state index contributed by atoms with van der Waals surface area (Å²) in [7, 11) is 4.10. The van der Waals surface area contributed by atoms with Crippen LogP contribution in [0.2, 0.25) is 0 Å². The number of halogens is 1. The summed E-state index contributed by atoms with van der Waals surface area (Å²) in [5.41, 5.74) is 1.85. The maximum absolute atomic E-state index is 5.78. The van der Waals surface area contributed by atoms with E-state index < -0.39 is 0 Å². The van der Waals surface area contributed by atoms with Crippen molar-refractivity contribution in [1.82, 2.24) is 0 Å². The topological polar surface area (TPSA) is 18.5 Å². The number of nitrogens with zero attached hydrogens (tertiary/aromatic N) is 1. The van der Waals surface area contributed by atoms with Gasteiger partial charge in [-0.3, -0.25) is 0 Å². The van der Waals surface area contributed by atoms with Crippen molar-refractivity contribution in [3.63, 3.8) is 0 Å². The lowest BCUT2D eigenvalue weighted by Gasteiger charge is -2.33. The maximum Gasteiger partial charge on any atom is 0.140 e. The van der Waals surface area contributed by atoms with Crippen LogP contribution in [-0.2, 0) is 10.3 Å². The molecule has 1 aromatic carbocycles. The third-order valence-electron chi connectivity index (χ3n) is 4.16. The number of quaternary nitrogens is 1. The third kappa shape index (κ3) is 8.36. The fraction of sp³-hybridized carbons (Fsp3) is 0.700. The molecule has 0 heterocycles. The molecule has 4 heteroatoms. The summed E-state index contributed by atoms with van der Waals surface area (Å²) in [6.07, 6.45) is 1.15. The zero-order valence-corrected chi connectivity index (χ0v) is 17.5. The van der Waals surface area contributed by atoms with Gasteiger partial charge < -0.3 is 17.1 Å². The molecular formula is C20H36ClNO2. The van der Waals surface area contributed by atoms with Crippen molar-refractivity contribution < 1.29 is 26.6 Å². The molecule has 0 aliphatic heterocycles. The molecule has 0 fully saturated rings. The molecule has 0 aromatic heterocycles. The van der Waals surface area contributed by atoms with Crippen LogP contribution < -0.4 is 17.1 Å². The molecule has 0 unspecified atom stereocenters. The lowest BCUT2D eigenvalue weighted by Crippen LogP contribution is -3.00. The molecule has 0 spiro atoms. The fourth-order valence-corrected chi connectivity index (χ4v) is 2.97. The van der Waals surface area contributed by atoms with Crippen LogP contribution in [0.15, 0.2) is 24.3 Å². The first-order valence-electron chi connectivity index (χ1n) is 8.66. The first-order chi connectivity index (χ1) is 10.5. The molecule has 24 heavy (non-hydrogen) atoms. The molecule has 140 valence electrons. The molecule has 3 nitrogen and oxygen atoms in total. The molecule has 1 aromatic rings. The summed E-state index contributed by atoms with van der Waals surface area (Å²) in [6, 6.07) is 8.51. The predicted molar refractivity (Wildman–Crippen MR) is 97.6 cm³/mol. The summed E-state index contributed by atoms with van der Waals surface area (Å²) in [5.74, 6) is 0.908. The maximum atomic E-state index is 5.78. The molecule has 0 atom stereocenters. The van der Waals surface area contributed by atoms with E-state index in [1.807, 2.05) is 14.1 Å². The Morgan fingerprint density at radius 1 is 0.917 bits per heavy atom. The zero-order valence-electron chi connectivity index (χ0n) is 16.8. The van der Waals surface area contributed by atoms with Gasteiger partial charge in [0.2, 0.25) is 0 Å². The van der Waals surface area contributed by atoms with E-state index in [1.54, 1.807) is 0 Å². The molecule has 0 saturated heterocycles. The van der Waals surface area contributed by atoms with Gasteiger partial charge in [-0.25, -0.2) is 0 Å². The molecule has 0 aliphatic carbocycles. The van der Waals surface area contributed by atoms with Gasteiger partial charge in [0, 0.05) is 0 Å². The number of benzene rings is 1. The Bertz CT molecular complexity index is 475. The van der Waals surface area contributed by atoms with Gasteiger partial charge in [0.1, 0.15) is 25.5 Å². The minimum Gasteiger partial charge on any atom is -1.00 e. The molecule has 1 rings (SSSR count). The quantitative estimate of drug-likeness (QED) is 0.401. The molecular weight excluding hydrogens is 322 g/mol. The number of ether oxygens (including phenoxy) is 1. The van der Waals surface area contributed by atoms with Crippen LogP contribution in [0.4, 0.5) is 0 Å². The van der Waals surface area contributed by atoms with E-state index in [0.717, 1.165) is 18.7 Å². The van der Waals surface area contributed by atoms with E-state index in [0.29, 0.717) is 23.3 Å². The van der Waals surface area contributed by atoms with Gasteiger partial charge in [-0.15, -0.1) is 0 Å². The molecule has 0 amide bonds. The SMILES string of the molecule is CC[N+](C)(C)OCCOc1ccc(C(C)(C)CC(C)(C)C)cc1.[Cl-]. The minimum atomic E-state index is 0. The number of rotatable bonds is 8. The Morgan fingerprint density at radius 2 is 1.46 bits per heavy atom. The van der Waals surface area contributed by atoms with E-state index in [1.165, 1.54) is 5.56 Å². The van der Waals surface area contributed by atoms with Crippen LogP contribution in [-0.4, -0.2) is 38.5 Å².